The Morgan fingerprint density at radius 2 is 2.12 bits per heavy atom. The van der Waals surface area contributed by atoms with Crippen LogP contribution in [0.25, 0.3) is 11.6 Å². The Morgan fingerprint density at radius 3 is 2.96 bits per heavy atom. The van der Waals surface area contributed by atoms with Gasteiger partial charge in [0.2, 0.25) is 5.91 Å². The van der Waals surface area contributed by atoms with Crippen LogP contribution < -0.4 is 4.90 Å². The quantitative estimate of drug-likeness (QED) is 0.683. The first-order chi connectivity index (χ1) is 11.7. The third-order valence-electron chi connectivity index (χ3n) is 4.09. The fraction of sp³-hybridized carbons (Fsp3) is 0.235. The summed E-state index contributed by atoms with van der Waals surface area (Å²) in [5, 5.41) is 9.00. The minimum absolute atomic E-state index is 0.0903. The Morgan fingerprint density at radius 1 is 1.25 bits per heavy atom. The SMILES string of the molecule is Cn1c(SCC(=O)N2CCc3ccccc32)nnc1-c1ccco1. The molecular formula is C17H16N4O2S. The normalized spacial score (nSPS) is 13.3. The molecule has 7 heteroatoms. The highest BCUT2D eigenvalue weighted by Crippen LogP contribution is 2.29. The van der Waals surface area contributed by atoms with Crippen molar-refractivity contribution in [2.75, 3.05) is 17.2 Å². The van der Waals surface area contributed by atoms with Crippen LogP contribution in [0.1, 0.15) is 5.56 Å². The molecule has 1 aliphatic rings. The Kier molecular flexibility index (Phi) is 3.86. The van der Waals surface area contributed by atoms with Gasteiger partial charge in [0, 0.05) is 19.3 Å². The second-order valence-corrected chi connectivity index (χ2v) is 6.50. The van der Waals surface area contributed by atoms with Gasteiger partial charge in [-0.25, -0.2) is 0 Å². The molecule has 0 unspecified atom stereocenters. The van der Waals surface area contributed by atoms with Gasteiger partial charge < -0.3 is 13.9 Å². The minimum atomic E-state index is 0.0903. The van der Waals surface area contributed by atoms with Gasteiger partial charge in [-0.3, -0.25) is 4.79 Å². The van der Waals surface area contributed by atoms with E-state index in [0.29, 0.717) is 22.5 Å². The van der Waals surface area contributed by atoms with Crippen LogP contribution in [0.5, 0.6) is 0 Å². The van der Waals surface area contributed by atoms with E-state index in [-0.39, 0.29) is 5.91 Å². The highest BCUT2D eigenvalue weighted by molar-refractivity contribution is 7.99. The molecule has 2 aromatic heterocycles. The molecule has 0 saturated heterocycles. The lowest BCUT2D eigenvalue weighted by Crippen LogP contribution is -2.30. The summed E-state index contributed by atoms with van der Waals surface area (Å²) in [6.45, 7) is 0.745. The first-order valence-corrected chi connectivity index (χ1v) is 8.67. The third-order valence-corrected chi connectivity index (χ3v) is 5.09. The molecule has 0 aliphatic carbocycles. The smallest absolute Gasteiger partial charge is 0.237 e. The van der Waals surface area contributed by atoms with Crippen molar-refractivity contribution in [1.82, 2.24) is 14.8 Å². The Bertz CT molecular complexity index is 873. The van der Waals surface area contributed by atoms with E-state index in [1.807, 2.05) is 46.8 Å². The first-order valence-electron chi connectivity index (χ1n) is 7.68. The maximum Gasteiger partial charge on any atom is 0.237 e. The van der Waals surface area contributed by atoms with Crippen molar-refractivity contribution in [3.8, 4) is 11.6 Å². The number of rotatable bonds is 4. The summed E-state index contributed by atoms with van der Waals surface area (Å²) in [7, 11) is 1.87. The van der Waals surface area contributed by atoms with Crippen LogP contribution in [-0.2, 0) is 18.3 Å². The van der Waals surface area contributed by atoms with Gasteiger partial charge in [-0.15, -0.1) is 10.2 Å². The van der Waals surface area contributed by atoms with Crippen molar-refractivity contribution in [1.29, 1.82) is 0 Å². The van der Waals surface area contributed by atoms with Crippen molar-refractivity contribution < 1.29 is 9.21 Å². The summed E-state index contributed by atoms with van der Waals surface area (Å²) in [6, 6.07) is 11.7. The summed E-state index contributed by atoms with van der Waals surface area (Å²) in [6.07, 6.45) is 2.52. The summed E-state index contributed by atoms with van der Waals surface area (Å²) < 4.78 is 7.19. The molecule has 4 rings (SSSR count). The number of anilines is 1. The molecule has 0 spiro atoms. The van der Waals surface area contributed by atoms with E-state index in [1.54, 1.807) is 6.26 Å². The summed E-state index contributed by atoms with van der Waals surface area (Å²) in [5.41, 5.74) is 2.26. The van der Waals surface area contributed by atoms with Gasteiger partial charge in [0.1, 0.15) is 0 Å². The van der Waals surface area contributed by atoms with E-state index in [9.17, 15) is 4.79 Å². The van der Waals surface area contributed by atoms with Crippen LogP contribution in [0.15, 0.2) is 52.2 Å². The molecule has 1 aliphatic heterocycles. The van der Waals surface area contributed by atoms with Crippen molar-refractivity contribution in [3.63, 3.8) is 0 Å². The Hall–Kier alpha value is -2.54. The lowest BCUT2D eigenvalue weighted by Gasteiger charge is -2.16. The molecule has 6 nitrogen and oxygen atoms in total. The molecule has 122 valence electrons. The maximum absolute atomic E-state index is 12.6. The van der Waals surface area contributed by atoms with Crippen LogP contribution >= 0.6 is 11.8 Å². The van der Waals surface area contributed by atoms with Crippen molar-refractivity contribution >= 4 is 23.4 Å². The summed E-state index contributed by atoms with van der Waals surface area (Å²) in [5.74, 6) is 1.74. The van der Waals surface area contributed by atoms with E-state index in [1.165, 1.54) is 17.3 Å². The fourth-order valence-electron chi connectivity index (χ4n) is 2.86. The van der Waals surface area contributed by atoms with Crippen molar-refractivity contribution in [2.24, 2.45) is 7.05 Å². The third kappa shape index (κ3) is 2.60. The van der Waals surface area contributed by atoms with E-state index < -0.39 is 0 Å². The van der Waals surface area contributed by atoms with Crippen molar-refractivity contribution in [2.45, 2.75) is 11.6 Å². The molecule has 0 atom stereocenters. The number of nitrogens with zero attached hydrogens (tertiary/aromatic N) is 4. The maximum atomic E-state index is 12.6. The summed E-state index contributed by atoms with van der Waals surface area (Å²) in [4.78, 5) is 14.4. The van der Waals surface area contributed by atoms with Gasteiger partial charge in [0.15, 0.2) is 16.7 Å². The standard InChI is InChI=1S/C17H16N4O2S/c1-20-16(14-7-4-10-23-14)18-19-17(20)24-11-15(22)21-9-8-12-5-2-3-6-13(12)21/h2-7,10H,8-9,11H2,1H3. The molecule has 3 aromatic rings. The van der Waals surface area contributed by atoms with Gasteiger partial charge in [-0.05, 0) is 30.2 Å². The number of carbonyl (C=O) groups is 1. The predicted molar refractivity (Wildman–Crippen MR) is 91.9 cm³/mol. The highest BCUT2D eigenvalue weighted by Gasteiger charge is 2.24. The zero-order valence-electron chi connectivity index (χ0n) is 13.2. The second-order valence-electron chi connectivity index (χ2n) is 5.56. The average molecular weight is 340 g/mol. The first kappa shape index (κ1) is 15.0. The number of thioether (sulfide) groups is 1. The number of benzene rings is 1. The Labute approximate surface area is 143 Å². The summed E-state index contributed by atoms with van der Waals surface area (Å²) >= 11 is 1.39. The molecule has 0 fully saturated rings. The monoisotopic (exact) mass is 340 g/mol. The van der Waals surface area contributed by atoms with Crippen molar-refractivity contribution in [3.05, 3.63) is 48.2 Å². The zero-order valence-corrected chi connectivity index (χ0v) is 14.0. The molecule has 24 heavy (non-hydrogen) atoms. The molecular weight excluding hydrogens is 324 g/mol. The van der Waals surface area contributed by atoms with Gasteiger partial charge in [0.05, 0.1) is 12.0 Å². The zero-order chi connectivity index (χ0) is 16.5. The van der Waals surface area contributed by atoms with E-state index in [0.717, 1.165) is 18.7 Å². The number of aromatic nitrogens is 3. The second kappa shape index (κ2) is 6.16. The molecule has 3 heterocycles. The topological polar surface area (TPSA) is 64.2 Å². The molecule has 0 radical (unpaired) electrons. The number of carbonyl (C=O) groups excluding carboxylic acids is 1. The van der Waals surface area contributed by atoms with Crippen LogP contribution in [0.2, 0.25) is 0 Å². The van der Waals surface area contributed by atoms with Crippen LogP contribution in [0, 0.1) is 0 Å². The van der Waals surface area contributed by atoms with E-state index in [4.69, 9.17) is 4.42 Å². The van der Waals surface area contributed by atoms with Crippen LogP contribution in [0.4, 0.5) is 5.69 Å². The van der Waals surface area contributed by atoms with Gasteiger partial charge in [0.25, 0.3) is 0 Å². The van der Waals surface area contributed by atoms with E-state index >= 15 is 0 Å². The highest BCUT2D eigenvalue weighted by atomic mass is 32.2. The van der Waals surface area contributed by atoms with Gasteiger partial charge in [-0.1, -0.05) is 30.0 Å². The van der Waals surface area contributed by atoms with Crippen LogP contribution in [-0.4, -0.2) is 33.0 Å². The lowest BCUT2D eigenvalue weighted by molar-refractivity contribution is -0.116. The largest absolute Gasteiger partial charge is 0.461 e. The molecule has 1 amide bonds. The number of amides is 1. The lowest BCUT2D eigenvalue weighted by atomic mass is 10.2. The van der Waals surface area contributed by atoms with Gasteiger partial charge in [-0.2, -0.15) is 0 Å². The number of furan rings is 1. The fourth-order valence-corrected chi connectivity index (χ4v) is 3.65. The number of hydrogen-bond donors (Lipinski definition) is 0. The number of para-hydroxylation sites is 1. The van der Waals surface area contributed by atoms with Gasteiger partial charge >= 0.3 is 0 Å². The molecule has 0 bridgehead atoms. The number of hydrogen-bond acceptors (Lipinski definition) is 5. The average Bonchev–Trinajstić information content (AvgIpc) is 3.32. The predicted octanol–water partition coefficient (Wildman–Crippen LogP) is 2.76. The Balaban J connectivity index is 1.45. The minimum Gasteiger partial charge on any atom is -0.461 e. The molecule has 0 saturated carbocycles. The number of fused-ring (bicyclic) bond motifs is 1. The van der Waals surface area contributed by atoms with Crippen LogP contribution in [0.3, 0.4) is 0 Å². The molecule has 1 aromatic carbocycles. The van der Waals surface area contributed by atoms with E-state index in [2.05, 4.69) is 16.3 Å². The molecule has 0 N–H and O–H groups in total.